The zero-order valence-electron chi connectivity index (χ0n) is 8.89. The largest absolute Gasteiger partial charge is 0.364 e. The fourth-order valence-corrected chi connectivity index (χ4v) is 1.54. The molecule has 1 N–H and O–H groups in total. The summed E-state index contributed by atoms with van der Waals surface area (Å²) in [5, 5.41) is 3.21. The lowest BCUT2D eigenvalue weighted by Gasteiger charge is -2.04. The molecular formula is C14H13NO. The van der Waals surface area contributed by atoms with E-state index in [1.165, 1.54) is 0 Å². The van der Waals surface area contributed by atoms with Crippen molar-refractivity contribution in [2.75, 3.05) is 0 Å². The molecule has 2 aliphatic rings. The lowest BCUT2D eigenvalue weighted by Crippen LogP contribution is -2.05. The molecule has 0 aromatic rings. The van der Waals surface area contributed by atoms with E-state index in [-0.39, 0.29) is 0 Å². The maximum Gasteiger partial charge on any atom is 0.150 e. The van der Waals surface area contributed by atoms with Crippen LogP contribution in [-0.4, -0.2) is 6.29 Å². The van der Waals surface area contributed by atoms with Crippen molar-refractivity contribution in [1.82, 2.24) is 5.32 Å². The van der Waals surface area contributed by atoms with Gasteiger partial charge in [-0.05, 0) is 6.08 Å². The summed E-state index contributed by atoms with van der Waals surface area (Å²) in [6, 6.07) is 0. The van der Waals surface area contributed by atoms with Gasteiger partial charge in [0.05, 0.1) is 0 Å². The van der Waals surface area contributed by atoms with Gasteiger partial charge in [-0.2, -0.15) is 0 Å². The first-order chi connectivity index (χ1) is 7.90. The SMILES string of the molecule is O=CC1=CC=C/C1=C\NC1=CC=CC=CC1. The highest BCUT2D eigenvalue weighted by atomic mass is 16.1. The van der Waals surface area contributed by atoms with Crippen molar-refractivity contribution >= 4 is 6.29 Å². The third-order valence-corrected chi connectivity index (χ3v) is 2.42. The molecule has 0 aromatic heterocycles. The first kappa shape index (κ1) is 10.4. The molecule has 16 heavy (non-hydrogen) atoms. The third-order valence-electron chi connectivity index (χ3n) is 2.42. The molecule has 0 radical (unpaired) electrons. The van der Waals surface area contributed by atoms with Crippen LogP contribution in [-0.2, 0) is 4.79 Å². The van der Waals surface area contributed by atoms with Crippen LogP contribution in [0.1, 0.15) is 6.42 Å². The van der Waals surface area contributed by atoms with E-state index in [4.69, 9.17) is 0 Å². The van der Waals surface area contributed by atoms with Crippen LogP contribution in [0.2, 0.25) is 0 Å². The topological polar surface area (TPSA) is 29.1 Å². The molecule has 2 nitrogen and oxygen atoms in total. The molecule has 0 atom stereocenters. The van der Waals surface area contributed by atoms with Crippen molar-refractivity contribution in [2.45, 2.75) is 6.42 Å². The number of carbonyl (C=O) groups excluding carboxylic acids is 1. The molecule has 2 rings (SSSR count). The molecule has 2 heteroatoms. The van der Waals surface area contributed by atoms with Crippen molar-refractivity contribution in [3.8, 4) is 0 Å². The highest BCUT2D eigenvalue weighted by molar-refractivity contribution is 5.84. The zero-order chi connectivity index (χ0) is 11.2. The molecule has 0 spiro atoms. The Bertz CT molecular complexity index is 459. The number of nitrogens with one attached hydrogen (secondary N) is 1. The predicted molar refractivity (Wildman–Crippen MR) is 65.5 cm³/mol. The number of hydrogen-bond donors (Lipinski definition) is 1. The molecule has 0 heterocycles. The molecule has 0 bridgehead atoms. The van der Waals surface area contributed by atoms with Crippen LogP contribution in [0, 0.1) is 0 Å². The average Bonchev–Trinajstić information content (AvgIpc) is 2.60. The average molecular weight is 211 g/mol. The molecule has 0 unspecified atom stereocenters. The van der Waals surface area contributed by atoms with Gasteiger partial charge in [0.25, 0.3) is 0 Å². The number of rotatable bonds is 3. The van der Waals surface area contributed by atoms with Crippen LogP contribution in [0.3, 0.4) is 0 Å². The molecule has 2 aliphatic carbocycles. The van der Waals surface area contributed by atoms with E-state index in [9.17, 15) is 4.79 Å². The van der Waals surface area contributed by atoms with Gasteiger partial charge in [0.15, 0.2) is 6.29 Å². The van der Waals surface area contributed by atoms with Crippen LogP contribution in [0.4, 0.5) is 0 Å². The smallest absolute Gasteiger partial charge is 0.150 e. The standard InChI is InChI=1S/C14H13NO/c16-11-13-7-5-6-12(13)10-15-14-8-3-1-2-4-9-14/h1-8,10-11,15H,9H2/b12-10+. The lowest BCUT2D eigenvalue weighted by atomic mass is 10.2. The van der Waals surface area contributed by atoms with Gasteiger partial charge in [-0.15, -0.1) is 0 Å². The van der Waals surface area contributed by atoms with Crippen LogP contribution in [0.5, 0.6) is 0 Å². The van der Waals surface area contributed by atoms with E-state index in [2.05, 4.69) is 11.4 Å². The molecule has 0 saturated carbocycles. The Morgan fingerprint density at radius 2 is 2.06 bits per heavy atom. The third kappa shape index (κ3) is 2.48. The Balaban J connectivity index is 2.04. The summed E-state index contributed by atoms with van der Waals surface area (Å²) in [5.41, 5.74) is 2.75. The zero-order valence-corrected chi connectivity index (χ0v) is 8.89. The molecule has 0 aliphatic heterocycles. The summed E-state index contributed by atoms with van der Waals surface area (Å²) < 4.78 is 0. The lowest BCUT2D eigenvalue weighted by molar-refractivity contribution is -0.104. The van der Waals surface area contributed by atoms with E-state index in [0.29, 0.717) is 5.57 Å². The van der Waals surface area contributed by atoms with Gasteiger partial charge in [-0.3, -0.25) is 4.79 Å². The summed E-state index contributed by atoms with van der Waals surface area (Å²) in [6.45, 7) is 0. The van der Waals surface area contributed by atoms with Gasteiger partial charge in [0.2, 0.25) is 0 Å². The summed E-state index contributed by atoms with van der Waals surface area (Å²) >= 11 is 0. The molecule has 0 amide bonds. The predicted octanol–water partition coefficient (Wildman–Crippen LogP) is 2.56. The Labute approximate surface area is 95.0 Å². The van der Waals surface area contributed by atoms with Crippen LogP contribution < -0.4 is 5.32 Å². The Morgan fingerprint density at radius 3 is 2.94 bits per heavy atom. The maximum atomic E-state index is 10.7. The van der Waals surface area contributed by atoms with Crippen LogP contribution in [0.25, 0.3) is 0 Å². The highest BCUT2D eigenvalue weighted by Gasteiger charge is 2.04. The van der Waals surface area contributed by atoms with Crippen molar-refractivity contribution in [3.63, 3.8) is 0 Å². The summed E-state index contributed by atoms with van der Waals surface area (Å²) in [6.07, 6.45) is 19.3. The number of carbonyl (C=O) groups is 1. The van der Waals surface area contributed by atoms with Crippen molar-refractivity contribution in [3.05, 3.63) is 71.7 Å². The second kappa shape index (κ2) is 5.12. The molecule has 0 aromatic carbocycles. The van der Waals surface area contributed by atoms with Crippen molar-refractivity contribution in [2.24, 2.45) is 0 Å². The van der Waals surface area contributed by atoms with E-state index in [1.807, 2.05) is 48.7 Å². The summed E-state index contributed by atoms with van der Waals surface area (Å²) in [4.78, 5) is 10.7. The van der Waals surface area contributed by atoms with E-state index < -0.39 is 0 Å². The van der Waals surface area contributed by atoms with Gasteiger partial charge < -0.3 is 5.32 Å². The molecule has 80 valence electrons. The molecule has 0 saturated heterocycles. The summed E-state index contributed by atoms with van der Waals surface area (Å²) in [7, 11) is 0. The normalized spacial score (nSPS) is 20.6. The van der Waals surface area contributed by atoms with Crippen LogP contribution >= 0.6 is 0 Å². The second-order valence-electron chi connectivity index (χ2n) is 3.55. The van der Waals surface area contributed by atoms with Gasteiger partial charge in [0.1, 0.15) is 0 Å². The molecule has 0 fully saturated rings. The number of allylic oxidation sites excluding steroid dienone is 10. The van der Waals surface area contributed by atoms with E-state index in [1.54, 1.807) is 0 Å². The van der Waals surface area contributed by atoms with Crippen LogP contribution in [0.15, 0.2) is 71.7 Å². The monoisotopic (exact) mass is 211 g/mol. The quantitative estimate of drug-likeness (QED) is 0.727. The first-order valence-electron chi connectivity index (χ1n) is 5.23. The molecular weight excluding hydrogens is 198 g/mol. The minimum absolute atomic E-state index is 0.716. The van der Waals surface area contributed by atoms with Crippen molar-refractivity contribution < 1.29 is 4.79 Å². The number of hydrogen-bond acceptors (Lipinski definition) is 2. The Kier molecular flexibility index (Phi) is 3.34. The summed E-state index contributed by atoms with van der Waals surface area (Å²) in [5.74, 6) is 0. The minimum atomic E-state index is 0.716. The highest BCUT2D eigenvalue weighted by Crippen LogP contribution is 2.15. The van der Waals surface area contributed by atoms with Crippen molar-refractivity contribution in [1.29, 1.82) is 0 Å². The second-order valence-corrected chi connectivity index (χ2v) is 3.55. The first-order valence-corrected chi connectivity index (χ1v) is 5.23. The Morgan fingerprint density at radius 1 is 1.12 bits per heavy atom. The van der Waals surface area contributed by atoms with Gasteiger partial charge in [-0.1, -0.05) is 42.5 Å². The maximum absolute atomic E-state index is 10.7. The van der Waals surface area contributed by atoms with Gasteiger partial charge >= 0.3 is 0 Å². The van der Waals surface area contributed by atoms with Gasteiger partial charge in [0, 0.05) is 29.5 Å². The fourth-order valence-electron chi connectivity index (χ4n) is 1.54. The fraction of sp³-hybridized carbons (Fsp3) is 0.0714. The van der Waals surface area contributed by atoms with Gasteiger partial charge in [-0.25, -0.2) is 0 Å². The number of aldehydes is 1. The minimum Gasteiger partial charge on any atom is -0.364 e. The van der Waals surface area contributed by atoms with E-state index >= 15 is 0 Å². The Hall–Kier alpha value is -2.09. The van der Waals surface area contributed by atoms with E-state index in [0.717, 1.165) is 24.0 Å².